The lowest BCUT2D eigenvalue weighted by molar-refractivity contribution is -0.145. The van der Waals surface area contributed by atoms with Crippen molar-refractivity contribution in [1.29, 1.82) is 0 Å². The molecule has 1 heterocycles. The fraction of sp³-hybridized carbons (Fsp3) is 0.714. The lowest BCUT2D eigenvalue weighted by Crippen LogP contribution is -2.38. The zero-order valence-corrected chi connectivity index (χ0v) is 6.69. The Morgan fingerprint density at radius 3 is 2.92 bits per heavy atom. The van der Waals surface area contributed by atoms with E-state index in [-0.39, 0.29) is 6.54 Å². The minimum absolute atomic E-state index is 0.253. The molecule has 0 saturated carbocycles. The zero-order valence-electron chi connectivity index (χ0n) is 6.69. The molecular weight excluding hydrogens is 162 g/mol. The second kappa shape index (κ2) is 3.64. The van der Waals surface area contributed by atoms with Gasteiger partial charge in [-0.15, -0.1) is 0 Å². The van der Waals surface area contributed by atoms with Gasteiger partial charge in [-0.25, -0.2) is 0 Å². The maximum absolute atomic E-state index is 11.0. The number of hydrogen-bond donors (Lipinski definition) is 2. The lowest BCUT2D eigenvalue weighted by atomic mass is 10.0. The summed E-state index contributed by atoms with van der Waals surface area (Å²) < 4.78 is 4.44. The Kier molecular flexibility index (Phi) is 2.78. The molecule has 0 aromatic heterocycles. The van der Waals surface area contributed by atoms with Gasteiger partial charge in [0.2, 0.25) is 0 Å². The van der Waals surface area contributed by atoms with Crippen LogP contribution in [-0.4, -0.2) is 43.2 Å². The molecule has 3 atom stereocenters. The number of nitrogens with one attached hydrogen (secondary N) is 1. The third kappa shape index (κ3) is 1.46. The number of hydrogen-bond acceptors (Lipinski definition) is 5. The normalized spacial score (nSPS) is 34.7. The first kappa shape index (κ1) is 9.15. The molecule has 0 aromatic carbocycles. The molecule has 12 heavy (non-hydrogen) atoms. The molecule has 5 nitrogen and oxygen atoms in total. The van der Waals surface area contributed by atoms with Crippen LogP contribution in [0.3, 0.4) is 0 Å². The second-order valence-corrected chi connectivity index (χ2v) is 2.69. The number of carbonyl (C=O) groups is 2. The monoisotopic (exact) mass is 173 g/mol. The summed E-state index contributed by atoms with van der Waals surface area (Å²) in [6, 6.07) is -0.692. The van der Waals surface area contributed by atoms with E-state index in [1.807, 2.05) is 0 Å². The molecule has 0 amide bonds. The Bertz CT molecular complexity index is 194. The average Bonchev–Trinajstić information content (AvgIpc) is 2.45. The molecule has 1 unspecified atom stereocenters. The van der Waals surface area contributed by atoms with Crippen molar-refractivity contribution in [1.82, 2.24) is 5.32 Å². The maximum Gasteiger partial charge on any atom is 0.323 e. The van der Waals surface area contributed by atoms with E-state index in [1.54, 1.807) is 0 Å². The van der Waals surface area contributed by atoms with E-state index in [4.69, 9.17) is 0 Å². The average molecular weight is 173 g/mol. The lowest BCUT2D eigenvalue weighted by Gasteiger charge is -2.12. The van der Waals surface area contributed by atoms with Crippen molar-refractivity contribution in [3.63, 3.8) is 0 Å². The zero-order chi connectivity index (χ0) is 9.14. The summed E-state index contributed by atoms with van der Waals surface area (Å²) in [7, 11) is 1.25. The van der Waals surface area contributed by atoms with Crippen molar-refractivity contribution >= 4 is 12.3 Å². The predicted octanol–water partition coefficient (Wildman–Crippen LogP) is -1.69. The van der Waals surface area contributed by atoms with Gasteiger partial charge in [0.05, 0.1) is 19.1 Å². The van der Waals surface area contributed by atoms with Crippen molar-refractivity contribution in [3.05, 3.63) is 0 Å². The predicted molar refractivity (Wildman–Crippen MR) is 39.4 cm³/mol. The highest BCUT2D eigenvalue weighted by atomic mass is 16.5. The van der Waals surface area contributed by atoms with Gasteiger partial charge in [0, 0.05) is 6.54 Å². The highest BCUT2D eigenvalue weighted by Crippen LogP contribution is 2.14. The van der Waals surface area contributed by atoms with Gasteiger partial charge in [0.25, 0.3) is 0 Å². The van der Waals surface area contributed by atoms with Gasteiger partial charge in [-0.1, -0.05) is 0 Å². The molecule has 0 radical (unpaired) electrons. The number of carbonyl (C=O) groups excluding carboxylic acids is 2. The van der Waals surface area contributed by atoms with Gasteiger partial charge in [-0.2, -0.15) is 0 Å². The first-order chi connectivity index (χ1) is 5.70. The molecule has 1 saturated heterocycles. The Labute approximate surface area is 69.7 Å². The summed E-state index contributed by atoms with van der Waals surface area (Å²) in [6.45, 7) is 0.253. The number of aliphatic hydroxyl groups is 1. The number of rotatable bonds is 2. The van der Waals surface area contributed by atoms with E-state index in [0.29, 0.717) is 6.29 Å². The van der Waals surface area contributed by atoms with E-state index in [9.17, 15) is 14.7 Å². The van der Waals surface area contributed by atoms with Crippen LogP contribution in [0.1, 0.15) is 0 Å². The van der Waals surface area contributed by atoms with Gasteiger partial charge < -0.3 is 20.0 Å². The van der Waals surface area contributed by atoms with Crippen molar-refractivity contribution in [3.8, 4) is 0 Å². The summed E-state index contributed by atoms with van der Waals surface area (Å²) in [4.78, 5) is 21.4. The van der Waals surface area contributed by atoms with Crippen LogP contribution in [0.4, 0.5) is 0 Å². The Morgan fingerprint density at radius 1 is 1.75 bits per heavy atom. The smallest absolute Gasteiger partial charge is 0.323 e. The molecule has 1 aliphatic rings. The van der Waals surface area contributed by atoms with Crippen LogP contribution in [0.25, 0.3) is 0 Å². The van der Waals surface area contributed by atoms with E-state index in [2.05, 4.69) is 10.1 Å². The van der Waals surface area contributed by atoms with Crippen LogP contribution >= 0.6 is 0 Å². The highest BCUT2D eigenvalue weighted by molar-refractivity contribution is 5.81. The fourth-order valence-corrected chi connectivity index (χ4v) is 1.28. The van der Waals surface area contributed by atoms with Crippen molar-refractivity contribution in [2.75, 3.05) is 13.7 Å². The summed E-state index contributed by atoms with van der Waals surface area (Å²) >= 11 is 0. The highest BCUT2D eigenvalue weighted by Gasteiger charge is 2.39. The number of ether oxygens (including phenoxy) is 1. The van der Waals surface area contributed by atoms with Gasteiger partial charge in [0.1, 0.15) is 12.3 Å². The van der Waals surface area contributed by atoms with Gasteiger partial charge in [-0.3, -0.25) is 4.79 Å². The van der Waals surface area contributed by atoms with Crippen LogP contribution < -0.4 is 5.32 Å². The molecule has 0 spiro atoms. The summed E-state index contributed by atoms with van der Waals surface area (Å²) in [5.74, 6) is -1.19. The van der Waals surface area contributed by atoms with E-state index >= 15 is 0 Å². The molecule has 5 heteroatoms. The van der Waals surface area contributed by atoms with Crippen molar-refractivity contribution < 1.29 is 19.4 Å². The minimum atomic E-state index is -0.786. The maximum atomic E-state index is 11.0. The third-order valence-electron chi connectivity index (χ3n) is 1.99. The summed E-state index contributed by atoms with van der Waals surface area (Å²) in [6.07, 6.45) is -0.210. The molecule has 1 rings (SSSR count). The number of methoxy groups -OCH3 is 1. The quantitative estimate of drug-likeness (QED) is 0.385. The second-order valence-electron chi connectivity index (χ2n) is 2.69. The number of aldehydes is 1. The molecule has 68 valence electrons. The van der Waals surface area contributed by atoms with Crippen LogP contribution in [0.2, 0.25) is 0 Å². The Balaban J connectivity index is 2.66. The first-order valence-corrected chi connectivity index (χ1v) is 3.65. The topological polar surface area (TPSA) is 75.6 Å². The van der Waals surface area contributed by atoms with Gasteiger partial charge in [-0.05, 0) is 0 Å². The molecule has 2 N–H and O–H groups in total. The number of esters is 1. The van der Waals surface area contributed by atoms with Crippen molar-refractivity contribution in [2.45, 2.75) is 12.1 Å². The largest absolute Gasteiger partial charge is 0.468 e. The van der Waals surface area contributed by atoms with Crippen LogP contribution in [0, 0.1) is 5.92 Å². The molecular formula is C7H11NO4. The van der Waals surface area contributed by atoms with Gasteiger partial charge >= 0.3 is 5.97 Å². The molecule has 1 aliphatic heterocycles. The van der Waals surface area contributed by atoms with Crippen LogP contribution in [-0.2, 0) is 14.3 Å². The van der Waals surface area contributed by atoms with E-state index in [1.165, 1.54) is 7.11 Å². The molecule has 0 bridgehead atoms. The van der Waals surface area contributed by atoms with E-state index in [0.717, 1.165) is 0 Å². The first-order valence-electron chi connectivity index (χ1n) is 3.65. The summed E-state index contributed by atoms with van der Waals surface area (Å²) in [5.41, 5.74) is 0. The SMILES string of the molecule is COC(=O)[C@H]1NC[C@H](O)C1C=O. The third-order valence-corrected chi connectivity index (χ3v) is 1.99. The van der Waals surface area contributed by atoms with Crippen molar-refractivity contribution in [2.24, 2.45) is 5.92 Å². The number of β-amino-alcohol motifs (C(OH)–C–C–N with tert-alkyl or cyclic N) is 1. The molecule has 0 aromatic rings. The molecule has 0 aliphatic carbocycles. The van der Waals surface area contributed by atoms with Crippen LogP contribution in [0.5, 0.6) is 0 Å². The molecule has 1 fully saturated rings. The Morgan fingerprint density at radius 2 is 2.42 bits per heavy atom. The van der Waals surface area contributed by atoms with E-state index < -0.39 is 24.0 Å². The Hall–Kier alpha value is -0.940. The van der Waals surface area contributed by atoms with Crippen LogP contribution in [0.15, 0.2) is 0 Å². The van der Waals surface area contributed by atoms with Gasteiger partial charge in [0.15, 0.2) is 0 Å². The summed E-state index contributed by atoms with van der Waals surface area (Å²) in [5, 5.41) is 11.9. The standard InChI is InChI=1S/C7H11NO4/c1-12-7(11)6-4(3-9)5(10)2-8-6/h3-6,8,10H,2H2,1H3/t4?,5-,6-/m0/s1. The minimum Gasteiger partial charge on any atom is -0.468 e. The number of aliphatic hydroxyl groups excluding tert-OH is 1. The fourth-order valence-electron chi connectivity index (χ4n) is 1.28.